The highest BCUT2D eigenvalue weighted by Crippen LogP contribution is 2.25. The van der Waals surface area contributed by atoms with Crippen molar-refractivity contribution in [3.63, 3.8) is 0 Å². The number of nitrogens with zero attached hydrogens (tertiary/aromatic N) is 1. The van der Waals surface area contributed by atoms with Crippen LogP contribution in [0, 0.1) is 11.3 Å². The summed E-state index contributed by atoms with van der Waals surface area (Å²) in [4.78, 5) is 0. The average molecular weight is 508 g/mol. The Labute approximate surface area is 208 Å². The van der Waals surface area contributed by atoms with E-state index in [2.05, 4.69) is 6.07 Å². The Kier molecular flexibility index (Phi) is 10.1. The molecule has 0 spiro atoms. The van der Waals surface area contributed by atoms with E-state index in [1.165, 1.54) is 0 Å². The highest BCUT2D eigenvalue weighted by Gasteiger charge is 2.43. The van der Waals surface area contributed by atoms with Gasteiger partial charge in [0.15, 0.2) is 0 Å². The number of rotatable bonds is 8. The highest BCUT2D eigenvalue weighted by molar-refractivity contribution is 5.63. The molecule has 0 amide bonds. The molecule has 2 aliphatic rings. The fraction of sp³-hybridized carbons (Fsp3) is 0.560. The van der Waals surface area contributed by atoms with E-state index in [0.717, 1.165) is 0 Å². The average Bonchev–Trinajstić information content (AvgIpc) is 2.89. The van der Waals surface area contributed by atoms with E-state index in [0.29, 0.717) is 16.7 Å². The number of hydrogen-bond donors (Lipinski definition) is 8. The summed E-state index contributed by atoms with van der Waals surface area (Å²) in [7, 11) is 0. The van der Waals surface area contributed by atoms with Gasteiger partial charge in [0.2, 0.25) is 0 Å². The van der Waals surface area contributed by atoms with E-state index in [-0.39, 0.29) is 12.8 Å². The Morgan fingerprint density at radius 2 is 1.17 bits per heavy atom. The summed E-state index contributed by atoms with van der Waals surface area (Å²) < 4.78 is 10.9. The lowest BCUT2D eigenvalue weighted by molar-refractivity contribution is -0.227. The molecule has 0 saturated carbocycles. The van der Waals surface area contributed by atoms with Crippen molar-refractivity contribution < 1.29 is 50.3 Å². The lowest BCUT2D eigenvalue weighted by atomic mass is 9.93. The molecule has 0 aliphatic carbocycles. The smallest absolute Gasteiger partial charge is 0.111 e. The molecular weight excluding hydrogens is 474 g/mol. The molecule has 0 unspecified atom stereocenters. The lowest BCUT2D eigenvalue weighted by Crippen LogP contribution is -2.58. The van der Waals surface area contributed by atoms with Crippen molar-refractivity contribution in [3.05, 3.63) is 47.0 Å². The fourth-order valence-corrected chi connectivity index (χ4v) is 4.33. The Morgan fingerprint density at radius 1 is 0.694 bits per heavy atom. The van der Waals surface area contributed by atoms with Gasteiger partial charge in [0, 0.05) is 0 Å². The summed E-state index contributed by atoms with van der Waals surface area (Å²) in [5.41, 5.74) is 1.67. The normalized spacial score (nSPS) is 37.4. The first-order valence-electron chi connectivity index (χ1n) is 11.7. The minimum atomic E-state index is -1.45. The molecule has 198 valence electrons. The Balaban J connectivity index is 1.62. The van der Waals surface area contributed by atoms with E-state index in [1.54, 1.807) is 42.5 Å². The van der Waals surface area contributed by atoms with Gasteiger partial charge >= 0.3 is 0 Å². The molecule has 0 radical (unpaired) electrons. The monoisotopic (exact) mass is 507 g/mol. The minimum absolute atomic E-state index is 0.174. The van der Waals surface area contributed by atoms with Gasteiger partial charge in [-0.25, -0.2) is 0 Å². The molecule has 8 N–H and O–H groups in total. The molecule has 2 aliphatic heterocycles. The molecule has 3 rings (SSSR count). The van der Waals surface area contributed by atoms with E-state index in [4.69, 9.17) is 9.47 Å². The van der Waals surface area contributed by atoms with Gasteiger partial charge in [-0.3, -0.25) is 0 Å². The maximum absolute atomic E-state index is 10.1. The summed E-state index contributed by atoms with van der Waals surface area (Å²) in [6, 6.07) is 7.24. The molecule has 11 nitrogen and oxygen atoms in total. The van der Waals surface area contributed by atoms with Gasteiger partial charge in [0.25, 0.3) is 0 Å². The van der Waals surface area contributed by atoms with Gasteiger partial charge in [-0.05, 0) is 30.0 Å². The first-order valence-corrected chi connectivity index (χ1v) is 11.7. The maximum atomic E-state index is 10.1. The van der Waals surface area contributed by atoms with Crippen molar-refractivity contribution in [1.82, 2.24) is 0 Å². The second-order valence-electron chi connectivity index (χ2n) is 8.97. The molecule has 1 aromatic carbocycles. The molecule has 0 aromatic heterocycles. The van der Waals surface area contributed by atoms with Crippen LogP contribution in [-0.2, 0) is 9.47 Å². The second kappa shape index (κ2) is 12.8. The molecule has 2 saturated heterocycles. The topological polar surface area (TPSA) is 204 Å². The van der Waals surface area contributed by atoms with Crippen LogP contribution in [0.4, 0.5) is 0 Å². The third-order valence-electron chi connectivity index (χ3n) is 6.52. The van der Waals surface area contributed by atoms with Crippen LogP contribution in [0.1, 0.15) is 29.5 Å². The third-order valence-corrected chi connectivity index (χ3v) is 6.52. The Hall–Kier alpha value is -2.21. The van der Waals surface area contributed by atoms with Gasteiger partial charge in [0.05, 0.1) is 37.1 Å². The summed E-state index contributed by atoms with van der Waals surface area (Å²) >= 11 is 0. The van der Waals surface area contributed by atoms with Crippen LogP contribution in [0.5, 0.6) is 0 Å². The largest absolute Gasteiger partial charge is 0.394 e. The number of ether oxygens (including phenoxy) is 2. The van der Waals surface area contributed by atoms with Crippen LogP contribution in [0.25, 0.3) is 12.2 Å². The summed E-state index contributed by atoms with van der Waals surface area (Å²) in [6.45, 7) is -1.00. The number of benzene rings is 1. The number of hydrogen-bond acceptors (Lipinski definition) is 11. The van der Waals surface area contributed by atoms with E-state index < -0.39 is 74.3 Å². The van der Waals surface area contributed by atoms with Crippen molar-refractivity contribution >= 4 is 12.2 Å². The maximum Gasteiger partial charge on any atom is 0.111 e. The number of nitriles is 1. The van der Waals surface area contributed by atoms with Crippen molar-refractivity contribution in [3.8, 4) is 6.07 Å². The SMILES string of the molecule is N#Cc1cc(/C=C/C[C@H]2O[C@H](CO)[C@@H](O)[C@H](O)[C@@H]2O)ccc1/C=C/C[C@H]1O[C@H](CO)[C@@H](O)[C@H](O)[C@@H]1O. The molecule has 2 fully saturated rings. The quantitative estimate of drug-likeness (QED) is 0.194. The number of aliphatic hydroxyl groups is 8. The third kappa shape index (κ3) is 6.37. The first kappa shape index (κ1) is 28.4. The molecule has 1 aromatic rings. The molecule has 36 heavy (non-hydrogen) atoms. The van der Waals surface area contributed by atoms with E-state index in [1.807, 2.05) is 0 Å². The van der Waals surface area contributed by atoms with Crippen LogP contribution in [0.15, 0.2) is 30.4 Å². The van der Waals surface area contributed by atoms with Crippen LogP contribution in [0.2, 0.25) is 0 Å². The van der Waals surface area contributed by atoms with Crippen molar-refractivity contribution in [2.45, 2.75) is 73.9 Å². The Bertz CT molecular complexity index is 959. The van der Waals surface area contributed by atoms with Crippen LogP contribution in [0.3, 0.4) is 0 Å². The van der Waals surface area contributed by atoms with Gasteiger partial charge in [0.1, 0.15) is 48.8 Å². The fourth-order valence-electron chi connectivity index (χ4n) is 4.33. The van der Waals surface area contributed by atoms with Gasteiger partial charge in [-0.2, -0.15) is 5.26 Å². The standard InChI is InChI=1S/C25H33NO10/c26-10-15-9-13(3-1-5-16-20(29)24(33)22(31)18(11-27)35-16)7-8-14(15)4-2-6-17-21(30)25(34)23(32)19(12-28)36-17/h1-4,7-9,16-25,27-34H,5-6,11-12H2/b3-1+,4-2+/t16-,17-,18-,19-,20-,21-,22-,23-,24-,25-/m1/s1. The van der Waals surface area contributed by atoms with Crippen molar-refractivity contribution in [2.75, 3.05) is 13.2 Å². The minimum Gasteiger partial charge on any atom is -0.394 e. The summed E-state index contributed by atoms with van der Waals surface area (Å²) in [6.07, 6.45) is -4.88. The highest BCUT2D eigenvalue weighted by atomic mass is 16.5. The van der Waals surface area contributed by atoms with E-state index >= 15 is 0 Å². The van der Waals surface area contributed by atoms with Gasteiger partial charge < -0.3 is 50.3 Å². The molecule has 10 atom stereocenters. The van der Waals surface area contributed by atoms with Gasteiger partial charge in [-0.15, -0.1) is 0 Å². The zero-order valence-electron chi connectivity index (χ0n) is 19.5. The molecule has 11 heteroatoms. The number of aliphatic hydroxyl groups excluding tert-OH is 8. The lowest BCUT2D eigenvalue weighted by Gasteiger charge is -2.39. The first-order chi connectivity index (χ1) is 17.2. The predicted octanol–water partition coefficient (Wildman–Crippen LogP) is -1.95. The zero-order chi connectivity index (χ0) is 26.4. The molecular formula is C25H33NO10. The molecule has 2 heterocycles. The van der Waals surface area contributed by atoms with Crippen LogP contribution < -0.4 is 0 Å². The summed E-state index contributed by atoms with van der Waals surface area (Å²) in [5, 5.41) is 87.9. The van der Waals surface area contributed by atoms with E-state index in [9.17, 15) is 46.1 Å². The van der Waals surface area contributed by atoms with Crippen LogP contribution >= 0.6 is 0 Å². The van der Waals surface area contributed by atoms with Crippen LogP contribution in [-0.4, -0.2) is 115 Å². The summed E-state index contributed by atoms with van der Waals surface area (Å²) in [5.74, 6) is 0. The zero-order valence-corrected chi connectivity index (χ0v) is 19.5. The van der Waals surface area contributed by atoms with Gasteiger partial charge in [-0.1, -0.05) is 36.4 Å². The Morgan fingerprint density at radius 3 is 1.64 bits per heavy atom. The second-order valence-corrected chi connectivity index (χ2v) is 8.97. The van der Waals surface area contributed by atoms with Crippen molar-refractivity contribution in [1.29, 1.82) is 5.26 Å². The predicted molar refractivity (Wildman–Crippen MR) is 126 cm³/mol. The molecule has 0 bridgehead atoms. The van der Waals surface area contributed by atoms with Crippen molar-refractivity contribution in [2.24, 2.45) is 0 Å².